The van der Waals surface area contributed by atoms with Crippen LogP contribution >= 0.6 is 12.6 Å². The summed E-state index contributed by atoms with van der Waals surface area (Å²) >= 11 is 4.18. The van der Waals surface area contributed by atoms with Gasteiger partial charge in [-0.15, -0.1) is 12.6 Å². The predicted octanol–water partition coefficient (Wildman–Crippen LogP) is 2.18. The van der Waals surface area contributed by atoms with Crippen molar-refractivity contribution in [2.45, 2.75) is 11.3 Å². The molecule has 1 aromatic heterocycles. The lowest BCUT2D eigenvalue weighted by Gasteiger charge is -1.86. The van der Waals surface area contributed by atoms with E-state index in [1.807, 2.05) is 18.2 Å². The van der Waals surface area contributed by atoms with Crippen LogP contribution in [0.1, 0.15) is 5.89 Å². The van der Waals surface area contributed by atoms with E-state index in [9.17, 15) is 0 Å². The molecule has 0 saturated heterocycles. The zero-order valence-electron chi connectivity index (χ0n) is 6.69. The van der Waals surface area contributed by atoms with Crippen molar-refractivity contribution in [2.75, 3.05) is 0 Å². The zero-order chi connectivity index (χ0) is 9.26. The van der Waals surface area contributed by atoms with Crippen LogP contribution in [0.5, 0.6) is 0 Å². The lowest BCUT2D eigenvalue weighted by Crippen LogP contribution is -1.77. The third-order valence-electron chi connectivity index (χ3n) is 1.65. The number of nitriles is 1. The number of fused-ring (bicyclic) bond motifs is 1. The number of benzene rings is 1. The van der Waals surface area contributed by atoms with E-state index >= 15 is 0 Å². The van der Waals surface area contributed by atoms with Crippen molar-refractivity contribution >= 4 is 23.7 Å². The molecule has 0 aliphatic heterocycles. The molecule has 4 heteroatoms. The van der Waals surface area contributed by atoms with Gasteiger partial charge in [-0.05, 0) is 18.2 Å². The quantitative estimate of drug-likeness (QED) is 0.701. The van der Waals surface area contributed by atoms with E-state index in [1.165, 1.54) is 0 Å². The summed E-state index contributed by atoms with van der Waals surface area (Å²) < 4.78 is 5.30. The average molecular weight is 190 g/mol. The van der Waals surface area contributed by atoms with Gasteiger partial charge in [0, 0.05) is 4.90 Å². The van der Waals surface area contributed by atoms with E-state index in [4.69, 9.17) is 9.68 Å². The Labute approximate surface area is 80.4 Å². The van der Waals surface area contributed by atoms with Crippen LogP contribution < -0.4 is 0 Å². The van der Waals surface area contributed by atoms with Gasteiger partial charge >= 0.3 is 0 Å². The number of aromatic nitrogens is 1. The molecular weight excluding hydrogens is 184 g/mol. The Bertz CT molecular complexity index is 484. The molecule has 3 nitrogen and oxygen atoms in total. The van der Waals surface area contributed by atoms with Crippen molar-refractivity contribution < 1.29 is 4.42 Å². The van der Waals surface area contributed by atoms with Gasteiger partial charge in [0.1, 0.15) is 11.9 Å². The molecule has 0 fully saturated rings. The van der Waals surface area contributed by atoms with Crippen LogP contribution in [0, 0.1) is 11.3 Å². The Morgan fingerprint density at radius 3 is 3.15 bits per heavy atom. The zero-order valence-corrected chi connectivity index (χ0v) is 7.58. The van der Waals surface area contributed by atoms with Gasteiger partial charge in [-0.1, -0.05) is 0 Å². The molecule has 64 valence electrons. The first-order valence-electron chi connectivity index (χ1n) is 3.75. The van der Waals surface area contributed by atoms with E-state index in [0.29, 0.717) is 11.5 Å². The number of hydrogen-bond acceptors (Lipinski definition) is 4. The first kappa shape index (κ1) is 8.14. The van der Waals surface area contributed by atoms with Gasteiger partial charge in [-0.2, -0.15) is 5.26 Å². The highest BCUT2D eigenvalue weighted by Crippen LogP contribution is 2.18. The molecule has 1 aromatic carbocycles. The molecule has 0 spiro atoms. The number of rotatable bonds is 1. The smallest absolute Gasteiger partial charge is 0.209 e. The van der Waals surface area contributed by atoms with Crippen LogP contribution in [0.25, 0.3) is 11.1 Å². The van der Waals surface area contributed by atoms with Gasteiger partial charge in [0.2, 0.25) is 5.89 Å². The van der Waals surface area contributed by atoms with E-state index in [0.717, 1.165) is 10.4 Å². The number of hydrogen-bond donors (Lipinski definition) is 1. The second-order valence-corrected chi connectivity index (χ2v) is 3.11. The minimum atomic E-state index is 0.205. The van der Waals surface area contributed by atoms with Crippen molar-refractivity contribution in [3.8, 4) is 6.07 Å². The SMILES string of the molecule is N#CCc1nc2cc(S)ccc2o1. The summed E-state index contributed by atoms with van der Waals surface area (Å²) in [6.07, 6.45) is 0.205. The van der Waals surface area contributed by atoms with Crippen LogP contribution in [0.2, 0.25) is 0 Å². The molecule has 0 unspecified atom stereocenters. The third kappa shape index (κ3) is 1.51. The van der Waals surface area contributed by atoms with Crippen LogP contribution in [0.4, 0.5) is 0 Å². The normalized spacial score (nSPS) is 10.2. The lowest BCUT2D eigenvalue weighted by molar-refractivity contribution is 0.548. The molecular formula is C9H6N2OS. The van der Waals surface area contributed by atoms with Crippen molar-refractivity contribution in [1.29, 1.82) is 5.26 Å². The predicted molar refractivity (Wildman–Crippen MR) is 50.6 cm³/mol. The molecule has 0 aliphatic carbocycles. The summed E-state index contributed by atoms with van der Waals surface area (Å²) in [5.41, 5.74) is 1.45. The second kappa shape index (κ2) is 3.11. The topological polar surface area (TPSA) is 49.8 Å². The molecule has 1 heterocycles. The van der Waals surface area contributed by atoms with Crippen molar-refractivity contribution in [2.24, 2.45) is 0 Å². The minimum absolute atomic E-state index is 0.205. The fourth-order valence-electron chi connectivity index (χ4n) is 1.11. The first-order valence-corrected chi connectivity index (χ1v) is 4.20. The van der Waals surface area contributed by atoms with Crippen LogP contribution in [0.3, 0.4) is 0 Å². The van der Waals surface area contributed by atoms with Gasteiger partial charge in [0.15, 0.2) is 5.58 Å². The summed E-state index contributed by atoms with van der Waals surface area (Å²) in [5, 5.41) is 8.43. The highest BCUT2D eigenvalue weighted by Gasteiger charge is 2.04. The largest absolute Gasteiger partial charge is 0.440 e. The number of nitrogens with zero attached hydrogens (tertiary/aromatic N) is 2. The van der Waals surface area contributed by atoms with E-state index in [-0.39, 0.29) is 6.42 Å². The van der Waals surface area contributed by atoms with Gasteiger partial charge < -0.3 is 4.42 Å². The standard InChI is InChI=1S/C9H6N2OS/c10-4-3-9-11-7-5-6(13)1-2-8(7)12-9/h1-2,5,13H,3H2. The van der Waals surface area contributed by atoms with Gasteiger partial charge in [-0.3, -0.25) is 0 Å². The van der Waals surface area contributed by atoms with Gasteiger partial charge in [-0.25, -0.2) is 4.98 Å². The highest BCUT2D eigenvalue weighted by molar-refractivity contribution is 7.80. The van der Waals surface area contributed by atoms with E-state index in [1.54, 1.807) is 6.07 Å². The summed E-state index contributed by atoms with van der Waals surface area (Å²) in [6.45, 7) is 0. The maximum absolute atomic E-state index is 8.43. The highest BCUT2D eigenvalue weighted by atomic mass is 32.1. The van der Waals surface area contributed by atoms with Crippen LogP contribution in [0.15, 0.2) is 27.5 Å². The Morgan fingerprint density at radius 2 is 2.38 bits per heavy atom. The third-order valence-corrected chi connectivity index (χ3v) is 1.92. The monoisotopic (exact) mass is 190 g/mol. The molecule has 0 saturated carbocycles. The fraction of sp³-hybridized carbons (Fsp3) is 0.111. The summed E-state index contributed by atoms with van der Waals surface area (Å²) in [7, 11) is 0. The molecule has 0 amide bonds. The maximum atomic E-state index is 8.43. The Hall–Kier alpha value is -1.47. The Balaban J connectivity index is 2.57. The molecule has 0 aliphatic rings. The average Bonchev–Trinajstić information content (AvgIpc) is 2.46. The van der Waals surface area contributed by atoms with E-state index < -0.39 is 0 Å². The molecule has 2 aromatic rings. The Morgan fingerprint density at radius 1 is 1.54 bits per heavy atom. The summed E-state index contributed by atoms with van der Waals surface area (Å²) in [5.74, 6) is 0.455. The van der Waals surface area contributed by atoms with E-state index in [2.05, 4.69) is 17.6 Å². The molecule has 0 atom stereocenters. The van der Waals surface area contributed by atoms with Crippen LogP contribution in [-0.4, -0.2) is 4.98 Å². The summed E-state index contributed by atoms with van der Waals surface area (Å²) in [4.78, 5) is 4.96. The molecule has 0 bridgehead atoms. The lowest BCUT2D eigenvalue weighted by atomic mass is 10.3. The molecule has 0 N–H and O–H groups in total. The molecule has 0 radical (unpaired) electrons. The van der Waals surface area contributed by atoms with Crippen molar-refractivity contribution in [3.63, 3.8) is 0 Å². The maximum Gasteiger partial charge on any atom is 0.209 e. The van der Waals surface area contributed by atoms with Crippen LogP contribution in [-0.2, 0) is 6.42 Å². The first-order chi connectivity index (χ1) is 6.29. The molecule has 2 rings (SSSR count). The fourth-order valence-corrected chi connectivity index (χ4v) is 1.30. The minimum Gasteiger partial charge on any atom is -0.440 e. The Kier molecular flexibility index (Phi) is 1.95. The summed E-state index contributed by atoms with van der Waals surface area (Å²) in [6, 6.07) is 7.42. The molecule has 13 heavy (non-hydrogen) atoms. The van der Waals surface area contributed by atoms with Gasteiger partial charge in [0.05, 0.1) is 6.07 Å². The number of thiol groups is 1. The number of oxazole rings is 1. The van der Waals surface area contributed by atoms with Crippen molar-refractivity contribution in [1.82, 2.24) is 4.98 Å². The van der Waals surface area contributed by atoms with Crippen molar-refractivity contribution in [3.05, 3.63) is 24.1 Å². The second-order valence-electron chi connectivity index (χ2n) is 2.59. The van der Waals surface area contributed by atoms with Gasteiger partial charge in [0.25, 0.3) is 0 Å².